The SMILES string of the molecule is Cc1ccc(N(c2ccccccc3c(c2)C(C)(C)c2cc4c(cc2-3)C(C)(C)c2ccccc2-4)c2ccc(C)cc2C)c(C)c1. The van der Waals surface area contributed by atoms with Gasteiger partial charge in [-0.25, -0.2) is 0 Å². The molecule has 1 heteroatoms. The molecule has 0 fully saturated rings. The molecule has 0 N–H and O–H groups in total. The summed E-state index contributed by atoms with van der Waals surface area (Å²) in [5, 5.41) is 0. The predicted octanol–water partition coefficient (Wildman–Crippen LogP) is 12.1. The highest BCUT2D eigenvalue weighted by Gasteiger charge is 2.41. The van der Waals surface area contributed by atoms with Gasteiger partial charge in [0.25, 0.3) is 0 Å². The topological polar surface area (TPSA) is 3.24 Å². The normalized spacial score (nSPS) is 14.6. The second-order valence-electron chi connectivity index (χ2n) is 14.2. The van der Waals surface area contributed by atoms with E-state index in [9.17, 15) is 0 Å². The van der Waals surface area contributed by atoms with Gasteiger partial charge in [0.2, 0.25) is 0 Å². The van der Waals surface area contributed by atoms with Crippen LogP contribution in [0, 0.1) is 27.7 Å². The van der Waals surface area contributed by atoms with Crippen molar-refractivity contribution in [1.82, 2.24) is 0 Å². The first-order chi connectivity index (χ1) is 21.5. The van der Waals surface area contributed by atoms with Crippen molar-refractivity contribution in [3.8, 4) is 22.3 Å². The Kier molecular flexibility index (Phi) is 6.78. The zero-order valence-corrected chi connectivity index (χ0v) is 27.9. The molecule has 7 rings (SSSR count). The summed E-state index contributed by atoms with van der Waals surface area (Å²) in [6, 6.07) is 43.3. The van der Waals surface area contributed by atoms with Gasteiger partial charge in [-0.2, -0.15) is 0 Å². The van der Waals surface area contributed by atoms with Crippen molar-refractivity contribution in [3.63, 3.8) is 0 Å². The van der Waals surface area contributed by atoms with Gasteiger partial charge in [0.15, 0.2) is 0 Å². The highest BCUT2D eigenvalue weighted by Crippen LogP contribution is 2.56. The van der Waals surface area contributed by atoms with Gasteiger partial charge < -0.3 is 4.90 Å². The molecule has 0 amide bonds. The third kappa shape index (κ3) is 4.60. The molecule has 0 radical (unpaired) electrons. The van der Waals surface area contributed by atoms with Crippen LogP contribution in [-0.2, 0) is 10.8 Å². The Labute approximate surface area is 269 Å². The van der Waals surface area contributed by atoms with E-state index in [2.05, 4.69) is 176 Å². The lowest BCUT2D eigenvalue weighted by Gasteiger charge is -2.30. The summed E-state index contributed by atoms with van der Waals surface area (Å²) in [7, 11) is 0. The largest absolute Gasteiger partial charge is 0.310 e. The molecule has 0 heterocycles. The van der Waals surface area contributed by atoms with E-state index in [0.717, 1.165) is 5.69 Å². The second kappa shape index (κ2) is 10.5. The monoisotopic (exact) mass is 585 g/mol. The summed E-state index contributed by atoms with van der Waals surface area (Å²) in [4.78, 5) is 2.46. The fourth-order valence-corrected chi connectivity index (χ4v) is 7.84. The minimum atomic E-state index is -0.190. The minimum absolute atomic E-state index is 0.0412. The average Bonchev–Trinajstić information content (AvgIpc) is 3.35. The molecule has 224 valence electrons. The van der Waals surface area contributed by atoms with Crippen molar-refractivity contribution in [3.05, 3.63) is 160 Å². The quantitative estimate of drug-likeness (QED) is 0.204. The molecule has 0 atom stereocenters. The fraction of sp³-hybridized carbons (Fsp3) is 0.227. The van der Waals surface area contributed by atoms with E-state index in [1.54, 1.807) is 0 Å². The zero-order chi connectivity index (χ0) is 31.7. The molecule has 0 saturated heterocycles. The van der Waals surface area contributed by atoms with Gasteiger partial charge in [0.1, 0.15) is 0 Å². The first-order valence-corrected chi connectivity index (χ1v) is 16.2. The molecule has 2 aliphatic rings. The van der Waals surface area contributed by atoms with E-state index < -0.39 is 0 Å². The smallest absolute Gasteiger partial charge is 0.0491 e. The molecule has 0 aliphatic heterocycles. The van der Waals surface area contributed by atoms with Crippen molar-refractivity contribution < 1.29 is 0 Å². The number of fused-ring (bicyclic) bond motifs is 6. The van der Waals surface area contributed by atoms with Crippen LogP contribution in [0.3, 0.4) is 0 Å². The van der Waals surface area contributed by atoms with Crippen LogP contribution in [0.2, 0.25) is 0 Å². The number of anilines is 3. The predicted molar refractivity (Wildman–Crippen MR) is 193 cm³/mol. The molecule has 0 bridgehead atoms. The molecule has 0 aromatic heterocycles. The lowest BCUT2D eigenvalue weighted by Crippen LogP contribution is -2.17. The third-order valence-corrected chi connectivity index (χ3v) is 10.2. The Balaban J connectivity index is 1.52. The molecule has 0 saturated carbocycles. The Morgan fingerprint density at radius 1 is 0.400 bits per heavy atom. The fourth-order valence-electron chi connectivity index (χ4n) is 7.84. The number of benzene rings is 4. The minimum Gasteiger partial charge on any atom is -0.310 e. The third-order valence-electron chi connectivity index (χ3n) is 10.2. The van der Waals surface area contributed by atoms with Crippen LogP contribution in [0.4, 0.5) is 17.1 Å². The maximum absolute atomic E-state index is 2.50. The first kappa shape index (κ1) is 29.1. The maximum Gasteiger partial charge on any atom is 0.0491 e. The number of rotatable bonds is 3. The molecule has 45 heavy (non-hydrogen) atoms. The van der Waals surface area contributed by atoms with Gasteiger partial charge in [-0.05, 0) is 120 Å². The average molecular weight is 586 g/mol. The van der Waals surface area contributed by atoms with Crippen LogP contribution >= 0.6 is 0 Å². The standard InChI is InChI=1S/C44H43N/c1-28-19-21-41(30(3)23-28)45(42-22-20-29(2)24-31(42)4)32-15-11-9-10-12-16-34-36-27-39-35(26-40(36)44(7,8)38(34)25-32)33-17-13-14-18-37(33)43(39,5)6/h9-27H,1-8H3. The van der Waals surface area contributed by atoms with Gasteiger partial charge in [0, 0.05) is 27.9 Å². The van der Waals surface area contributed by atoms with Crippen LogP contribution in [0.5, 0.6) is 0 Å². The molecule has 5 aromatic carbocycles. The van der Waals surface area contributed by atoms with Gasteiger partial charge in [-0.15, -0.1) is 0 Å². The van der Waals surface area contributed by atoms with Gasteiger partial charge in [-0.3, -0.25) is 0 Å². The number of hydrogen-bond acceptors (Lipinski definition) is 1. The van der Waals surface area contributed by atoms with Crippen molar-refractivity contribution in [2.45, 2.75) is 66.2 Å². The van der Waals surface area contributed by atoms with Crippen LogP contribution in [0.15, 0.2) is 115 Å². The summed E-state index contributed by atoms with van der Waals surface area (Å²) in [6.07, 6.45) is 0. The molecule has 1 nitrogen and oxygen atoms in total. The number of hydrogen-bond donors (Lipinski definition) is 0. The Morgan fingerprint density at radius 3 is 1.40 bits per heavy atom. The number of aryl methyl sites for hydroxylation is 4. The van der Waals surface area contributed by atoms with Crippen LogP contribution < -0.4 is 4.90 Å². The summed E-state index contributed by atoms with van der Waals surface area (Å²) < 4.78 is 0. The maximum atomic E-state index is 2.50. The molecular formula is C44H43N. The van der Waals surface area contributed by atoms with Gasteiger partial charge in [0.05, 0.1) is 0 Å². The number of nitrogens with zero attached hydrogens (tertiary/aromatic N) is 1. The van der Waals surface area contributed by atoms with Crippen molar-refractivity contribution in [2.24, 2.45) is 0 Å². The highest BCUT2D eigenvalue weighted by molar-refractivity contribution is 5.90. The Hall–Kier alpha value is -4.62. The van der Waals surface area contributed by atoms with E-state index in [-0.39, 0.29) is 10.8 Å². The van der Waals surface area contributed by atoms with E-state index in [1.807, 2.05) is 0 Å². The second-order valence-corrected chi connectivity index (χ2v) is 14.2. The van der Waals surface area contributed by atoms with Crippen LogP contribution in [0.1, 0.15) is 72.2 Å². The van der Waals surface area contributed by atoms with Crippen molar-refractivity contribution >= 4 is 17.1 Å². The van der Waals surface area contributed by atoms with Crippen LogP contribution in [0.25, 0.3) is 22.3 Å². The molecule has 0 spiro atoms. The Morgan fingerprint density at radius 2 is 0.844 bits per heavy atom. The summed E-state index contributed by atoms with van der Waals surface area (Å²) >= 11 is 0. The zero-order valence-electron chi connectivity index (χ0n) is 27.9. The Bertz CT molecular complexity index is 2010. The van der Waals surface area contributed by atoms with E-state index in [4.69, 9.17) is 0 Å². The lowest BCUT2D eigenvalue weighted by molar-refractivity contribution is 0.652. The van der Waals surface area contributed by atoms with Crippen molar-refractivity contribution in [1.29, 1.82) is 0 Å². The van der Waals surface area contributed by atoms with Crippen molar-refractivity contribution in [2.75, 3.05) is 4.90 Å². The molecular weight excluding hydrogens is 542 g/mol. The van der Waals surface area contributed by atoms with Crippen LogP contribution in [-0.4, -0.2) is 0 Å². The van der Waals surface area contributed by atoms with Gasteiger partial charge in [-0.1, -0.05) is 118 Å². The van der Waals surface area contributed by atoms with E-state index in [1.165, 1.54) is 78.1 Å². The highest BCUT2D eigenvalue weighted by atomic mass is 15.1. The summed E-state index contributed by atoms with van der Waals surface area (Å²) in [5.41, 5.74) is 19.4. The lowest BCUT2D eigenvalue weighted by atomic mass is 9.79. The molecule has 5 aromatic rings. The van der Waals surface area contributed by atoms with E-state index >= 15 is 0 Å². The van der Waals surface area contributed by atoms with Gasteiger partial charge >= 0.3 is 0 Å². The first-order valence-electron chi connectivity index (χ1n) is 16.2. The summed E-state index contributed by atoms with van der Waals surface area (Å²) in [6.45, 7) is 18.4. The molecule has 2 aliphatic carbocycles. The van der Waals surface area contributed by atoms with E-state index in [0.29, 0.717) is 0 Å². The summed E-state index contributed by atoms with van der Waals surface area (Å²) in [5.74, 6) is 0. The molecule has 0 unspecified atom stereocenters.